The summed E-state index contributed by atoms with van der Waals surface area (Å²) in [7, 11) is 1.73. The molecular formula is C33H41N3O3S. The average Bonchev–Trinajstić information content (AvgIpc) is 3.72. The van der Waals surface area contributed by atoms with E-state index in [1.807, 2.05) is 6.07 Å². The van der Waals surface area contributed by atoms with Crippen molar-refractivity contribution >= 4 is 23.1 Å². The Hall–Kier alpha value is -2.77. The van der Waals surface area contributed by atoms with Gasteiger partial charge in [-0.15, -0.1) is 0 Å². The fourth-order valence-corrected chi connectivity index (χ4v) is 7.46. The molecule has 0 bridgehead atoms. The summed E-state index contributed by atoms with van der Waals surface area (Å²) < 4.78 is 10.1. The van der Waals surface area contributed by atoms with Gasteiger partial charge in [-0.05, 0) is 124 Å². The van der Waals surface area contributed by atoms with Crippen LogP contribution in [-0.4, -0.2) is 40.1 Å². The van der Waals surface area contributed by atoms with Gasteiger partial charge in [0, 0.05) is 29.6 Å². The monoisotopic (exact) mass is 559 g/mol. The zero-order chi connectivity index (χ0) is 27.6. The van der Waals surface area contributed by atoms with Crippen LogP contribution < -0.4 is 9.64 Å². The number of amides is 1. The Morgan fingerprint density at radius 3 is 2.42 bits per heavy atom. The van der Waals surface area contributed by atoms with Crippen LogP contribution in [0.3, 0.4) is 0 Å². The highest BCUT2D eigenvalue weighted by atomic mass is 32.1. The zero-order valence-electron chi connectivity index (χ0n) is 23.7. The van der Waals surface area contributed by atoms with Crippen LogP contribution >= 0.6 is 11.5 Å². The van der Waals surface area contributed by atoms with Crippen molar-refractivity contribution in [1.82, 2.24) is 9.36 Å². The van der Waals surface area contributed by atoms with Crippen LogP contribution in [0.4, 0.5) is 5.69 Å². The molecule has 0 aliphatic heterocycles. The Morgan fingerprint density at radius 1 is 0.975 bits per heavy atom. The number of benzene rings is 2. The Labute approximate surface area is 242 Å². The van der Waals surface area contributed by atoms with Gasteiger partial charge in [0.2, 0.25) is 5.91 Å². The number of hydrogen-bond donors (Lipinski definition) is 1. The molecule has 3 saturated carbocycles. The summed E-state index contributed by atoms with van der Waals surface area (Å²) >= 11 is 1.52. The summed E-state index contributed by atoms with van der Waals surface area (Å²) in [6.07, 6.45) is 9.61. The maximum Gasteiger partial charge on any atom is 0.230 e. The van der Waals surface area contributed by atoms with Crippen molar-refractivity contribution in [3.8, 4) is 17.1 Å². The molecule has 1 aromatic heterocycles. The van der Waals surface area contributed by atoms with Crippen LogP contribution in [0.5, 0.6) is 5.75 Å². The highest BCUT2D eigenvalue weighted by Crippen LogP contribution is 2.42. The van der Waals surface area contributed by atoms with E-state index < -0.39 is 0 Å². The molecule has 3 aliphatic rings. The van der Waals surface area contributed by atoms with E-state index in [9.17, 15) is 9.90 Å². The van der Waals surface area contributed by atoms with E-state index in [0.29, 0.717) is 30.6 Å². The average molecular weight is 560 g/mol. The smallest absolute Gasteiger partial charge is 0.230 e. The number of anilines is 1. The third kappa shape index (κ3) is 6.10. The Morgan fingerprint density at radius 2 is 1.73 bits per heavy atom. The van der Waals surface area contributed by atoms with E-state index in [1.165, 1.54) is 35.5 Å². The molecule has 1 N–H and O–H groups in total. The SMILES string of the molecule is COc1ccc(C2CCC(CN(C(=O)C3CCC(O)CC3)c3cccc(-c4nsc(C5CC5)n4)c3)CC2)cc1C. The minimum Gasteiger partial charge on any atom is -0.496 e. The number of aliphatic hydroxyl groups excluding tert-OH is 1. The van der Waals surface area contributed by atoms with Crippen LogP contribution in [0.25, 0.3) is 11.4 Å². The Kier molecular flexibility index (Phi) is 8.22. The molecule has 40 heavy (non-hydrogen) atoms. The fourth-order valence-electron chi connectivity index (χ4n) is 6.62. The maximum atomic E-state index is 14.0. The van der Waals surface area contributed by atoms with Crippen molar-refractivity contribution in [3.05, 3.63) is 58.6 Å². The van der Waals surface area contributed by atoms with Gasteiger partial charge in [-0.3, -0.25) is 4.79 Å². The lowest BCUT2D eigenvalue weighted by atomic mass is 9.78. The van der Waals surface area contributed by atoms with Gasteiger partial charge in [0.05, 0.1) is 13.2 Å². The second kappa shape index (κ2) is 12.0. The first kappa shape index (κ1) is 27.4. The van der Waals surface area contributed by atoms with Gasteiger partial charge >= 0.3 is 0 Å². The molecule has 212 valence electrons. The van der Waals surface area contributed by atoms with Crippen LogP contribution in [0.1, 0.15) is 92.2 Å². The van der Waals surface area contributed by atoms with E-state index in [-0.39, 0.29) is 17.9 Å². The summed E-state index contributed by atoms with van der Waals surface area (Å²) in [4.78, 5) is 20.9. The van der Waals surface area contributed by atoms with Crippen molar-refractivity contribution in [2.75, 3.05) is 18.6 Å². The molecule has 6 rings (SSSR count). The molecule has 0 saturated heterocycles. The van der Waals surface area contributed by atoms with Gasteiger partial charge in [-0.2, -0.15) is 4.37 Å². The van der Waals surface area contributed by atoms with Gasteiger partial charge < -0.3 is 14.7 Å². The number of aryl methyl sites for hydroxylation is 1. The van der Waals surface area contributed by atoms with Crippen LogP contribution in [0.15, 0.2) is 42.5 Å². The quantitative estimate of drug-likeness (QED) is 0.314. The number of methoxy groups -OCH3 is 1. The summed E-state index contributed by atoms with van der Waals surface area (Å²) in [6, 6.07) is 14.9. The number of carbonyl (C=O) groups excluding carboxylic acids is 1. The number of nitrogens with zero attached hydrogens (tertiary/aromatic N) is 3. The predicted octanol–water partition coefficient (Wildman–Crippen LogP) is 7.26. The molecule has 3 aromatic rings. The van der Waals surface area contributed by atoms with Crippen molar-refractivity contribution < 1.29 is 14.6 Å². The lowest BCUT2D eigenvalue weighted by molar-refractivity contribution is -0.124. The third-order valence-corrected chi connectivity index (χ3v) is 10.2. The first-order valence-electron chi connectivity index (χ1n) is 15.1. The van der Waals surface area contributed by atoms with E-state index in [4.69, 9.17) is 9.72 Å². The summed E-state index contributed by atoms with van der Waals surface area (Å²) in [5, 5.41) is 11.2. The highest BCUT2D eigenvalue weighted by molar-refractivity contribution is 7.05. The number of carbonyl (C=O) groups is 1. The van der Waals surface area contributed by atoms with Gasteiger partial charge in [0.25, 0.3) is 0 Å². The largest absolute Gasteiger partial charge is 0.496 e. The van der Waals surface area contributed by atoms with Gasteiger partial charge in [-0.25, -0.2) is 4.98 Å². The van der Waals surface area contributed by atoms with Crippen molar-refractivity contribution in [2.45, 2.75) is 89.1 Å². The number of aliphatic hydroxyl groups is 1. The molecular weight excluding hydrogens is 518 g/mol. The summed E-state index contributed by atoms with van der Waals surface area (Å²) in [6.45, 7) is 2.86. The van der Waals surface area contributed by atoms with Gasteiger partial charge in [0.1, 0.15) is 10.8 Å². The second-order valence-corrected chi connectivity index (χ2v) is 13.0. The molecule has 6 nitrogen and oxygen atoms in total. The van der Waals surface area contributed by atoms with Crippen LogP contribution in [-0.2, 0) is 4.79 Å². The maximum absolute atomic E-state index is 14.0. The van der Waals surface area contributed by atoms with Gasteiger partial charge in [0.15, 0.2) is 5.82 Å². The molecule has 1 heterocycles. The number of aromatic nitrogens is 2. The predicted molar refractivity (Wildman–Crippen MR) is 160 cm³/mol. The van der Waals surface area contributed by atoms with Gasteiger partial charge in [-0.1, -0.05) is 24.3 Å². The normalized spacial score (nSPS) is 25.0. The fraction of sp³-hybridized carbons (Fsp3) is 0.545. The Balaban J connectivity index is 1.19. The molecule has 7 heteroatoms. The number of hydrogen-bond acceptors (Lipinski definition) is 6. The lowest BCUT2D eigenvalue weighted by Crippen LogP contribution is -2.41. The molecule has 0 unspecified atom stereocenters. The highest BCUT2D eigenvalue weighted by Gasteiger charge is 2.33. The minimum atomic E-state index is -0.269. The Bertz CT molecular complexity index is 1320. The second-order valence-electron chi connectivity index (χ2n) is 12.2. The first-order valence-corrected chi connectivity index (χ1v) is 15.8. The van der Waals surface area contributed by atoms with E-state index in [0.717, 1.165) is 72.9 Å². The zero-order valence-corrected chi connectivity index (χ0v) is 24.5. The molecule has 1 amide bonds. The van der Waals surface area contributed by atoms with E-state index >= 15 is 0 Å². The van der Waals surface area contributed by atoms with Crippen molar-refractivity contribution in [1.29, 1.82) is 0 Å². The standard InChI is InChI=1S/C33H41N3O3S/c1-21-18-26(14-17-30(21)39-2)23-8-6-22(7-9-23)20-36(33(38)25-12-15-29(37)16-13-25)28-5-3-4-27(19-28)31-34-32(40-35-31)24-10-11-24/h3-5,14,17-19,22-25,29,37H,6-13,15-16,20H2,1-2H3. The van der Waals surface area contributed by atoms with Crippen LogP contribution in [0.2, 0.25) is 0 Å². The topological polar surface area (TPSA) is 75.5 Å². The van der Waals surface area contributed by atoms with E-state index in [1.54, 1.807) is 7.11 Å². The minimum absolute atomic E-state index is 0.0236. The summed E-state index contributed by atoms with van der Waals surface area (Å²) in [5.74, 6) is 3.52. The summed E-state index contributed by atoms with van der Waals surface area (Å²) in [5.41, 5.74) is 4.52. The molecule has 3 fully saturated rings. The van der Waals surface area contributed by atoms with E-state index in [2.05, 4.69) is 52.6 Å². The number of ether oxygens (including phenoxy) is 1. The van der Waals surface area contributed by atoms with Crippen LogP contribution in [0, 0.1) is 18.8 Å². The third-order valence-electron chi connectivity index (χ3n) is 9.27. The number of rotatable bonds is 8. The lowest BCUT2D eigenvalue weighted by Gasteiger charge is -2.36. The van der Waals surface area contributed by atoms with Crippen molar-refractivity contribution in [2.24, 2.45) is 11.8 Å². The molecule has 3 aliphatic carbocycles. The molecule has 0 radical (unpaired) electrons. The molecule has 0 spiro atoms. The van der Waals surface area contributed by atoms with Crippen molar-refractivity contribution in [3.63, 3.8) is 0 Å². The first-order chi connectivity index (χ1) is 19.5. The molecule has 0 atom stereocenters. The molecule has 2 aromatic carbocycles.